The van der Waals surface area contributed by atoms with Gasteiger partial charge in [0.1, 0.15) is 6.61 Å². The van der Waals surface area contributed by atoms with Crippen molar-refractivity contribution in [1.29, 1.82) is 0 Å². The summed E-state index contributed by atoms with van der Waals surface area (Å²) in [4.78, 5) is 10.3. The average molecular weight is 470 g/mol. The Morgan fingerprint density at radius 3 is 2.43 bits per heavy atom. The summed E-state index contributed by atoms with van der Waals surface area (Å²) in [7, 11) is 0. The molecule has 0 aliphatic carbocycles. The molecular formula is C22H20BrN3O4. The van der Waals surface area contributed by atoms with Crippen molar-refractivity contribution in [2.75, 3.05) is 12.0 Å². The van der Waals surface area contributed by atoms with Gasteiger partial charge in [-0.2, -0.15) is 5.10 Å². The summed E-state index contributed by atoms with van der Waals surface area (Å²) in [6.45, 7) is 2.86. The Kier molecular flexibility index (Phi) is 7.40. The number of halogens is 1. The van der Waals surface area contributed by atoms with Gasteiger partial charge in [-0.05, 0) is 60.5 Å². The zero-order valence-electron chi connectivity index (χ0n) is 16.2. The molecule has 0 aliphatic rings. The molecule has 30 heavy (non-hydrogen) atoms. The van der Waals surface area contributed by atoms with E-state index >= 15 is 0 Å². The van der Waals surface area contributed by atoms with Crippen LogP contribution in [0.3, 0.4) is 0 Å². The highest BCUT2D eigenvalue weighted by Gasteiger charge is 2.07. The summed E-state index contributed by atoms with van der Waals surface area (Å²) >= 11 is 3.42. The molecule has 0 fully saturated rings. The van der Waals surface area contributed by atoms with E-state index in [1.54, 1.807) is 18.3 Å². The van der Waals surface area contributed by atoms with Crippen molar-refractivity contribution in [2.45, 2.75) is 13.5 Å². The molecule has 0 radical (unpaired) electrons. The molecule has 0 amide bonds. The molecule has 1 N–H and O–H groups in total. The van der Waals surface area contributed by atoms with E-state index in [1.807, 2.05) is 49.4 Å². The highest BCUT2D eigenvalue weighted by Crippen LogP contribution is 2.29. The number of nitrogens with one attached hydrogen (secondary N) is 1. The molecule has 154 valence electrons. The van der Waals surface area contributed by atoms with E-state index in [-0.39, 0.29) is 5.69 Å². The SMILES string of the molecule is CCOc1cc(/C=N/Nc2ccc([N+](=O)[O-])cc2)ccc1OCc1ccc(Br)cc1. The van der Waals surface area contributed by atoms with Crippen LogP contribution in [0.4, 0.5) is 11.4 Å². The number of benzene rings is 3. The van der Waals surface area contributed by atoms with Crippen LogP contribution in [0.25, 0.3) is 0 Å². The van der Waals surface area contributed by atoms with E-state index in [1.165, 1.54) is 12.1 Å². The number of hydrogen-bond acceptors (Lipinski definition) is 6. The molecule has 0 spiro atoms. The predicted molar refractivity (Wildman–Crippen MR) is 120 cm³/mol. The molecule has 3 aromatic carbocycles. The number of nitro benzene ring substituents is 1. The zero-order valence-corrected chi connectivity index (χ0v) is 17.8. The Bertz CT molecular complexity index is 1020. The first-order valence-corrected chi connectivity index (χ1v) is 10.0. The number of hydrazone groups is 1. The van der Waals surface area contributed by atoms with Crippen molar-refractivity contribution in [2.24, 2.45) is 5.10 Å². The Labute approximate surface area is 182 Å². The lowest BCUT2D eigenvalue weighted by Crippen LogP contribution is -2.00. The maximum atomic E-state index is 10.7. The maximum absolute atomic E-state index is 10.7. The lowest BCUT2D eigenvalue weighted by atomic mass is 10.2. The van der Waals surface area contributed by atoms with Crippen LogP contribution in [0.1, 0.15) is 18.1 Å². The topological polar surface area (TPSA) is 86.0 Å². The number of ether oxygens (including phenoxy) is 2. The lowest BCUT2D eigenvalue weighted by Gasteiger charge is -2.12. The van der Waals surface area contributed by atoms with Crippen molar-refractivity contribution in [3.63, 3.8) is 0 Å². The fourth-order valence-corrected chi connectivity index (χ4v) is 2.84. The summed E-state index contributed by atoms with van der Waals surface area (Å²) in [6.07, 6.45) is 1.64. The summed E-state index contributed by atoms with van der Waals surface area (Å²) in [5.74, 6) is 1.29. The fraction of sp³-hybridized carbons (Fsp3) is 0.136. The molecule has 8 heteroatoms. The first-order valence-electron chi connectivity index (χ1n) is 9.23. The molecule has 0 heterocycles. The van der Waals surface area contributed by atoms with Crippen LogP contribution < -0.4 is 14.9 Å². The van der Waals surface area contributed by atoms with Gasteiger partial charge in [-0.1, -0.05) is 28.1 Å². The molecule has 0 aliphatic heterocycles. The van der Waals surface area contributed by atoms with Gasteiger partial charge in [0.25, 0.3) is 5.69 Å². The molecule has 0 bridgehead atoms. The fourth-order valence-electron chi connectivity index (χ4n) is 2.57. The molecule has 7 nitrogen and oxygen atoms in total. The van der Waals surface area contributed by atoms with E-state index in [9.17, 15) is 10.1 Å². The van der Waals surface area contributed by atoms with Gasteiger partial charge in [0.15, 0.2) is 11.5 Å². The van der Waals surface area contributed by atoms with E-state index in [2.05, 4.69) is 26.5 Å². The van der Waals surface area contributed by atoms with Crippen LogP contribution >= 0.6 is 15.9 Å². The Hall–Kier alpha value is -3.39. The third kappa shape index (κ3) is 6.05. The second-order valence-corrected chi connectivity index (χ2v) is 7.14. The number of anilines is 1. The first-order chi connectivity index (χ1) is 14.5. The summed E-state index contributed by atoms with van der Waals surface area (Å²) in [5.41, 5.74) is 5.41. The van der Waals surface area contributed by atoms with Crippen molar-refractivity contribution in [3.05, 3.63) is 92.4 Å². The molecule has 0 atom stereocenters. The normalized spacial score (nSPS) is 10.7. The van der Waals surface area contributed by atoms with Crippen molar-refractivity contribution >= 4 is 33.5 Å². The number of non-ortho nitro benzene ring substituents is 1. The van der Waals surface area contributed by atoms with Gasteiger partial charge in [0.2, 0.25) is 0 Å². The largest absolute Gasteiger partial charge is 0.490 e. The Morgan fingerprint density at radius 2 is 1.77 bits per heavy atom. The average Bonchev–Trinajstić information content (AvgIpc) is 2.75. The predicted octanol–water partition coefficient (Wildman–Crippen LogP) is 5.78. The Morgan fingerprint density at radius 1 is 1.03 bits per heavy atom. The van der Waals surface area contributed by atoms with E-state index < -0.39 is 4.92 Å². The molecule has 0 aromatic heterocycles. The Balaban J connectivity index is 1.65. The van der Waals surface area contributed by atoms with Gasteiger partial charge in [0.05, 0.1) is 23.4 Å². The van der Waals surface area contributed by atoms with Crippen molar-refractivity contribution in [1.82, 2.24) is 0 Å². The van der Waals surface area contributed by atoms with Crippen LogP contribution in [0, 0.1) is 10.1 Å². The highest BCUT2D eigenvalue weighted by molar-refractivity contribution is 9.10. The second-order valence-electron chi connectivity index (χ2n) is 6.23. The van der Waals surface area contributed by atoms with Gasteiger partial charge in [-0.3, -0.25) is 15.5 Å². The van der Waals surface area contributed by atoms with Crippen LogP contribution in [-0.2, 0) is 6.61 Å². The van der Waals surface area contributed by atoms with Crippen LogP contribution in [-0.4, -0.2) is 17.7 Å². The van der Waals surface area contributed by atoms with E-state index in [4.69, 9.17) is 9.47 Å². The second kappa shape index (κ2) is 10.4. The van der Waals surface area contributed by atoms with Gasteiger partial charge in [-0.25, -0.2) is 0 Å². The smallest absolute Gasteiger partial charge is 0.269 e. The van der Waals surface area contributed by atoms with Crippen LogP contribution in [0.2, 0.25) is 0 Å². The standard InChI is InChI=1S/C22H20BrN3O4/c1-2-29-22-13-17(14-24-25-19-8-10-20(11-9-19)26(27)28)5-12-21(22)30-15-16-3-6-18(23)7-4-16/h3-14,25H,2,15H2,1H3/b24-14+. The molecular weight excluding hydrogens is 450 g/mol. The summed E-state index contributed by atoms with van der Waals surface area (Å²) in [6, 6.07) is 19.5. The van der Waals surface area contributed by atoms with E-state index in [0.29, 0.717) is 30.4 Å². The molecule has 0 saturated carbocycles. The highest BCUT2D eigenvalue weighted by atomic mass is 79.9. The summed E-state index contributed by atoms with van der Waals surface area (Å²) < 4.78 is 12.6. The summed E-state index contributed by atoms with van der Waals surface area (Å²) in [5, 5.41) is 14.9. The molecule has 3 rings (SSSR count). The van der Waals surface area contributed by atoms with Gasteiger partial charge >= 0.3 is 0 Å². The number of rotatable bonds is 9. The van der Waals surface area contributed by atoms with Crippen LogP contribution in [0.5, 0.6) is 11.5 Å². The zero-order chi connectivity index (χ0) is 21.3. The maximum Gasteiger partial charge on any atom is 0.269 e. The number of hydrogen-bond donors (Lipinski definition) is 1. The van der Waals surface area contributed by atoms with Gasteiger partial charge in [0, 0.05) is 16.6 Å². The minimum absolute atomic E-state index is 0.0320. The monoisotopic (exact) mass is 469 g/mol. The van der Waals surface area contributed by atoms with E-state index in [0.717, 1.165) is 15.6 Å². The quantitative estimate of drug-likeness (QED) is 0.243. The third-order valence-electron chi connectivity index (χ3n) is 4.06. The minimum atomic E-state index is -0.442. The minimum Gasteiger partial charge on any atom is -0.490 e. The molecule has 0 saturated heterocycles. The van der Waals surface area contributed by atoms with Gasteiger partial charge < -0.3 is 9.47 Å². The van der Waals surface area contributed by atoms with Gasteiger partial charge in [-0.15, -0.1) is 0 Å². The van der Waals surface area contributed by atoms with Crippen molar-refractivity contribution in [3.8, 4) is 11.5 Å². The molecule has 0 unspecified atom stereocenters. The van der Waals surface area contributed by atoms with Crippen LogP contribution in [0.15, 0.2) is 76.3 Å². The lowest BCUT2D eigenvalue weighted by molar-refractivity contribution is -0.384. The third-order valence-corrected chi connectivity index (χ3v) is 4.59. The number of nitrogens with zero attached hydrogens (tertiary/aromatic N) is 2. The van der Waals surface area contributed by atoms with Crippen molar-refractivity contribution < 1.29 is 14.4 Å². The molecule has 3 aromatic rings. The first kappa shape index (κ1) is 21.3. The number of nitro groups is 1.